The van der Waals surface area contributed by atoms with Crippen molar-refractivity contribution in [1.82, 2.24) is 9.97 Å². The normalized spacial score (nSPS) is 11.3. The molecule has 0 aromatic carbocycles. The topological polar surface area (TPSA) is 102 Å². The molecule has 0 aliphatic carbocycles. The van der Waals surface area contributed by atoms with Gasteiger partial charge in [-0.1, -0.05) is 0 Å². The van der Waals surface area contributed by atoms with E-state index in [-0.39, 0.29) is 11.6 Å². The number of aromatic nitrogens is 2. The summed E-state index contributed by atoms with van der Waals surface area (Å²) in [5.74, 6) is -2.17. The molecular formula is C11H16N2O5. The molecule has 0 aliphatic rings. The molecule has 0 radical (unpaired) electrons. The average Bonchev–Trinajstić information content (AvgIpc) is 2.27. The first kappa shape index (κ1) is 14.3. The predicted octanol–water partition coefficient (Wildman–Crippen LogP) is 0.689. The van der Waals surface area contributed by atoms with Crippen LogP contribution in [0.15, 0.2) is 12.4 Å². The predicted molar refractivity (Wildman–Crippen MR) is 61.4 cm³/mol. The van der Waals surface area contributed by atoms with E-state index >= 15 is 0 Å². The van der Waals surface area contributed by atoms with Crippen molar-refractivity contribution in [2.45, 2.75) is 26.1 Å². The maximum absolute atomic E-state index is 10.6. The fourth-order valence-corrected chi connectivity index (χ4v) is 1.08. The molecule has 0 aliphatic heterocycles. The van der Waals surface area contributed by atoms with Gasteiger partial charge in [0.15, 0.2) is 11.5 Å². The standard InChI is InChI=1S/C11H16N2O5/c1-11(2,16)18-5-3-4-17-9-7-12-6-8(13-9)10(14)15/h6-7,16H,3-5H2,1-2H3,(H,14,15). The van der Waals surface area contributed by atoms with Gasteiger partial charge in [0.05, 0.1) is 25.6 Å². The molecule has 18 heavy (non-hydrogen) atoms. The number of hydrogen-bond donors (Lipinski definition) is 2. The molecule has 0 saturated heterocycles. The average molecular weight is 256 g/mol. The second-order valence-electron chi connectivity index (χ2n) is 4.04. The van der Waals surface area contributed by atoms with E-state index in [0.29, 0.717) is 19.6 Å². The number of carboxylic acids is 1. The van der Waals surface area contributed by atoms with Crippen LogP contribution in [0.4, 0.5) is 0 Å². The lowest BCUT2D eigenvalue weighted by Crippen LogP contribution is -2.24. The minimum Gasteiger partial charge on any atom is -0.476 e. The van der Waals surface area contributed by atoms with Crippen molar-refractivity contribution in [2.75, 3.05) is 13.2 Å². The third-order valence-electron chi connectivity index (χ3n) is 1.83. The molecule has 0 atom stereocenters. The Morgan fingerprint density at radius 3 is 2.72 bits per heavy atom. The second-order valence-corrected chi connectivity index (χ2v) is 4.04. The van der Waals surface area contributed by atoms with Crippen LogP contribution in [0.1, 0.15) is 30.8 Å². The summed E-state index contributed by atoms with van der Waals surface area (Å²) >= 11 is 0. The Hall–Kier alpha value is -1.73. The van der Waals surface area contributed by atoms with Gasteiger partial charge in [-0.05, 0) is 13.8 Å². The van der Waals surface area contributed by atoms with E-state index in [4.69, 9.17) is 14.6 Å². The third kappa shape index (κ3) is 5.55. The quantitative estimate of drug-likeness (QED) is 0.546. The van der Waals surface area contributed by atoms with E-state index in [2.05, 4.69) is 9.97 Å². The minimum atomic E-state index is -1.16. The maximum atomic E-state index is 10.6. The highest BCUT2D eigenvalue weighted by Crippen LogP contribution is 2.07. The van der Waals surface area contributed by atoms with Gasteiger partial charge in [-0.2, -0.15) is 0 Å². The van der Waals surface area contributed by atoms with Crippen LogP contribution >= 0.6 is 0 Å². The highest BCUT2D eigenvalue weighted by molar-refractivity contribution is 5.84. The number of hydrogen-bond acceptors (Lipinski definition) is 6. The summed E-state index contributed by atoms with van der Waals surface area (Å²) < 4.78 is 10.3. The summed E-state index contributed by atoms with van der Waals surface area (Å²) in [6.07, 6.45) is 3.03. The van der Waals surface area contributed by atoms with Crippen LogP contribution in [0, 0.1) is 0 Å². The lowest BCUT2D eigenvalue weighted by molar-refractivity contribution is -0.176. The molecule has 0 spiro atoms. The monoisotopic (exact) mass is 256 g/mol. The summed E-state index contributed by atoms with van der Waals surface area (Å²) in [7, 11) is 0. The third-order valence-corrected chi connectivity index (χ3v) is 1.83. The van der Waals surface area contributed by atoms with E-state index in [9.17, 15) is 9.90 Å². The highest BCUT2D eigenvalue weighted by atomic mass is 16.6. The molecule has 0 amide bonds. The lowest BCUT2D eigenvalue weighted by atomic mass is 10.4. The number of carboxylic acid groups (broad SMARTS) is 1. The zero-order valence-corrected chi connectivity index (χ0v) is 10.3. The number of ether oxygens (including phenoxy) is 2. The second kappa shape index (κ2) is 6.27. The molecule has 7 nitrogen and oxygen atoms in total. The molecule has 0 unspecified atom stereocenters. The molecule has 1 heterocycles. The number of aliphatic hydroxyl groups is 1. The number of nitrogens with zero attached hydrogens (tertiary/aromatic N) is 2. The summed E-state index contributed by atoms with van der Waals surface area (Å²) in [5, 5.41) is 18.0. The largest absolute Gasteiger partial charge is 0.476 e. The van der Waals surface area contributed by atoms with Gasteiger partial charge in [-0.3, -0.25) is 4.98 Å². The van der Waals surface area contributed by atoms with Gasteiger partial charge in [0.1, 0.15) is 0 Å². The number of rotatable bonds is 7. The van der Waals surface area contributed by atoms with E-state index in [1.165, 1.54) is 20.0 Å². The van der Waals surface area contributed by atoms with Crippen molar-refractivity contribution in [1.29, 1.82) is 0 Å². The fourth-order valence-electron chi connectivity index (χ4n) is 1.08. The molecule has 100 valence electrons. The number of carbonyl (C=O) groups is 1. The molecule has 2 N–H and O–H groups in total. The Morgan fingerprint density at radius 2 is 2.11 bits per heavy atom. The first-order chi connectivity index (χ1) is 8.38. The Morgan fingerprint density at radius 1 is 1.39 bits per heavy atom. The fraction of sp³-hybridized carbons (Fsp3) is 0.545. The van der Waals surface area contributed by atoms with Crippen LogP contribution in [0.2, 0.25) is 0 Å². The van der Waals surface area contributed by atoms with E-state index in [1.807, 2.05) is 0 Å². The van der Waals surface area contributed by atoms with Crippen molar-refractivity contribution in [3.8, 4) is 5.88 Å². The van der Waals surface area contributed by atoms with Gasteiger partial charge in [0.25, 0.3) is 0 Å². The van der Waals surface area contributed by atoms with Crippen LogP contribution in [-0.4, -0.2) is 45.2 Å². The molecule has 0 fully saturated rings. The minimum absolute atomic E-state index is 0.151. The zero-order chi connectivity index (χ0) is 13.6. The molecule has 1 rings (SSSR count). The molecular weight excluding hydrogens is 240 g/mol. The Kier molecular flexibility index (Phi) is 4.99. The van der Waals surface area contributed by atoms with Crippen molar-refractivity contribution >= 4 is 5.97 Å². The summed E-state index contributed by atoms with van der Waals surface area (Å²) in [6, 6.07) is 0. The van der Waals surface area contributed by atoms with E-state index < -0.39 is 11.8 Å². The zero-order valence-electron chi connectivity index (χ0n) is 10.3. The highest BCUT2D eigenvalue weighted by Gasteiger charge is 2.11. The summed E-state index contributed by atoms with van der Waals surface area (Å²) in [6.45, 7) is 3.70. The first-order valence-corrected chi connectivity index (χ1v) is 5.43. The maximum Gasteiger partial charge on any atom is 0.356 e. The lowest BCUT2D eigenvalue weighted by Gasteiger charge is -2.17. The van der Waals surface area contributed by atoms with Gasteiger partial charge < -0.3 is 19.7 Å². The van der Waals surface area contributed by atoms with Crippen LogP contribution in [0.5, 0.6) is 5.88 Å². The molecule has 7 heteroatoms. The smallest absolute Gasteiger partial charge is 0.356 e. The van der Waals surface area contributed by atoms with Crippen LogP contribution in [0.25, 0.3) is 0 Å². The Labute approximate surface area is 104 Å². The first-order valence-electron chi connectivity index (χ1n) is 5.43. The molecule has 1 aromatic heterocycles. The van der Waals surface area contributed by atoms with Crippen LogP contribution < -0.4 is 4.74 Å². The van der Waals surface area contributed by atoms with Crippen molar-refractivity contribution in [2.24, 2.45) is 0 Å². The van der Waals surface area contributed by atoms with Crippen LogP contribution in [0.3, 0.4) is 0 Å². The van der Waals surface area contributed by atoms with Gasteiger partial charge in [0, 0.05) is 6.42 Å². The van der Waals surface area contributed by atoms with Crippen molar-refractivity contribution in [3.63, 3.8) is 0 Å². The number of aromatic carboxylic acids is 1. The van der Waals surface area contributed by atoms with Crippen molar-refractivity contribution in [3.05, 3.63) is 18.1 Å². The van der Waals surface area contributed by atoms with E-state index in [1.54, 1.807) is 0 Å². The van der Waals surface area contributed by atoms with Gasteiger partial charge >= 0.3 is 5.97 Å². The van der Waals surface area contributed by atoms with E-state index in [0.717, 1.165) is 6.20 Å². The van der Waals surface area contributed by atoms with Gasteiger partial charge in [0.2, 0.25) is 5.88 Å². The van der Waals surface area contributed by atoms with Crippen LogP contribution in [-0.2, 0) is 4.74 Å². The molecule has 0 saturated carbocycles. The van der Waals surface area contributed by atoms with Gasteiger partial charge in [-0.25, -0.2) is 9.78 Å². The summed E-state index contributed by atoms with van der Waals surface area (Å²) in [5.41, 5.74) is -0.166. The summed E-state index contributed by atoms with van der Waals surface area (Å²) in [4.78, 5) is 18.1. The molecule has 1 aromatic rings. The van der Waals surface area contributed by atoms with Gasteiger partial charge in [-0.15, -0.1) is 0 Å². The SMILES string of the molecule is CC(C)(O)OCCCOc1cncc(C(=O)O)n1. The Bertz CT molecular complexity index is 403. The molecule has 0 bridgehead atoms. The Balaban J connectivity index is 2.31. The van der Waals surface area contributed by atoms with Crippen molar-refractivity contribution < 1.29 is 24.5 Å².